The van der Waals surface area contributed by atoms with E-state index in [9.17, 15) is 14.0 Å². The van der Waals surface area contributed by atoms with Crippen LogP contribution in [0.5, 0.6) is 0 Å². The highest BCUT2D eigenvalue weighted by Crippen LogP contribution is 2.28. The predicted molar refractivity (Wildman–Crippen MR) is 121 cm³/mol. The average Bonchev–Trinajstić information content (AvgIpc) is 3.10. The molecule has 0 bridgehead atoms. The molecule has 1 aromatic heterocycles. The Morgan fingerprint density at radius 3 is 2.45 bits per heavy atom. The van der Waals surface area contributed by atoms with Crippen LogP contribution in [0.1, 0.15) is 32.0 Å². The molecule has 3 aromatic carbocycles. The minimum atomic E-state index is -0.881. The van der Waals surface area contributed by atoms with Crippen molar-refractivity contribution in [3.63, 3.8) is 0 Å². The largest absolute Gasteiger partial charge is 0.464 e. The lowest BCUT2D eigenvalue weighted by Crippen LogP contribution is -2.22. The molecule has 1 heterocycles. The quantitative estimate of drug-likeness (QED) is 0.389. The number of ether oxygens (including phenoxy) is 1. The van der Waals surface area contributed by atoms with Gasteiger partial charge >= 0.3 is 5.97 Å². The first kappa shape index (κ1) is 22.5. The first-order valence-electron chi connectivity index (χ1n) is 10.0. The number of nitrogens with one attached hydrogen (secondary N) is 1. The maximum Gasteiger partial charge on any atom is 0.357 e. The van der Waals surface area contributed by atoms with Gasteiger partial charge in [0.1, 0.15) is 5.82 Å². The molecular weight excluding hydrogens is 450 g/mol. The molecule has 0 aliphatic carbocycles. The second-order valence-corrected chi connectivity index (χ2v) is 7.80. The number of nitrogens with zero attached hydrogens (tertiary/aromatic N) is 1. The fraction of sp³-hybridized carbons (Fsp3) is 0.120. The normalized spacial score (nSPS) is 10.9. The minimum Gasteiger partial charge on any atom is -0.464 e. The lowest BCUT2D eigenvalue weighted by Gasteiger charge is -2.10. The fourth-order valence-corrected chi connectivity index (χ4v) is 3.73. The van der Waals surface area contributed by atoms with Gasteiger partial charge < -0.3 is 14.6 Å². The Labute approximate surface area is 193 Å². The Kier molecular flexibility index (Phi) is 6.42. The number of fused-ring (bicyclic) bond motifs is 1. The molecule has 5 nitrogen and oxygen atoms in total. The van der Waals surface area contributed by atoms with Crippen molar-refractivity contribution in [1.29, 1.82) is 0 Å². The zero-order valence-corrected chi connectivity index (χ0v) is 18.3. The highest BCUT2D eigenvalue weighted by Gasteiger charge is 2.25. The highest BCUT2D eigenvalue weighted by molar-refractivity contribution is 6.30. The van der Waals surface area contributed by atoms with Crippen molar-refractivity contribution in [2.45, 2.75) is 13.1 Å². The summed E-state index contributed by atoms with van der Waals surface area (Å²) >= 11 is 5.75. The van der Waals surface area contributed by atoms with Crippen LogP contribution >= 0.6 is 11.6 Å². The molecule has 0 aliphatic rings. The molecule has 1 N–H and O–H groups in total. The Hall–Kier alpha value is -3.71. The van der Waals surface area contributed by atoms with E-state index in [0.717, 1.165) is 12.7 Å². The molecular formula is C25H19ClF2N2O3. The van der Waals surface area contributed by atoms with E-state index in [1.807, 2.05) is 30.3 Å². The van der Waals surface area contributed by atoms with Crippen LogP contribution in [0.3, 0.4) is 0 Å². The standard InChI is InChI=1S/C25H19ClF2N2O3/c1-33-25(32)23-22(28)18-12-17(24(31)29-13-15-5-3-2-4-6-15)8-10-21(18)30(23)14-16-7-9-19(26)20(27)11-16/h2-12H,13-14H2,1H3,(H,29,31). The zero-order chi connectivity index (χ0) is 23.5. The second kappa shape index (κ2) is 9.42. The predicted octanol–water partition coefficient (Wildman–Crippen LogP) is 5.34. The number of amides is 1. The molecule has 33 heavy (non-hydrogen) atoms. The summed E-state index contributed by atoms with van der Waals surface area (Å²) in [6.07, 6.45) is 0. The molecule has 1 amide bonds. The summed E-state index contributed by atoms with van der Waals surface area (Å²) in [4.78, 5) is 25.0. The van der Waals surface area contributed by atoms with Crippen molar-refractivity contribution in [1.82, 2.24) is 9.88 Å². The van der Waals surface area contributed by atoms with Crippen molar-refractivity contribution in [2.24, 2.45) is 0 Å². The van der Waals surface area contributed by atoms with Gasteiger partial charge in [0.15, 0.2) is 11.5 Å². The van der Waals surface area contributed by atoms with Crippen molar-refractivity contribution < 1.29 is 23.1 Å². The van der Waals surface area contributed by atoms with E-state index in [1.54, 1.807) is 18.2 Å². The van der Waals surface area contributed by atoms with E-state index in [4.69, 9.17) is 16.3 Å². The third kappa shape index (κ3) is 4.59. The summed E-state index contributed by atoms with van der Waals surface area (Å²) in [6, 6.07) is 18.1. The average molecular weight is 469 g/mol. The van der Waals surface area contributed by atoms with E-state index in [1.165, 1.54) is 22.8 Å². The van der Waals surface area contributed by atoms with Crippen LogP contribution in [-0.4, -0.2) is 23.6 Å². The maximum absolute atomic E-state index is 15.3. The van der Waals surface area contributed by atoms with Crippen LogP contribution in [0.25, 0.3) is 10.9 Å². The number of halogens is 3. The van der Waals surface area contributed by atoms with E-state index >= 15 is 4.39 Å². The Morgan fingerprint density at radius 2 is 1.76 bits per heavy atom. The van der Waals surface area contributed by atoms with Crippen LogP contribution in [0, 0.1) is 11.6 Å². The van der Waals surface area contributed by atoms with Gasteiger partial charge in [-0.3, -0.25) is 4.79 Å². The van der Waals surface area contributed by atoms with E-state index in [-0.39, 0.29) is 34.1 Å². The Bertz CT molecular complexity index is 1350. The van der Waals surface area contributed by atoms with Gasteiger partial charge in [0.25, 0.3) is 5.91 Å². The first-order chi connectivity index (χ1) is 15.9. The summed E-state index contributed by atoms with van der Waals surface area (Å²) in [5, 5.41) is 2.83. The number of carbonyl (C=O) groups is 2. The number of carbonyl (C=O) groups excluding carboxylic acids is 2. The van der Waals surface area contributed by atoms with Crippen LogP contribution in [0.15, 0.2) is 66.7 Å². The van der Waals surface area contributed by atoms with E-state index in [0.29, 0.717) is 17.6 Å². The highest BCUT2D eigenvalue weighted by atomic mass is 35.5. The molecule has 0 spiro atoms. The summed E-state index contributed by atoms with van der Waals surface area (Å²) in [7, 11) is 1.15. The summed E-state index contributed by atoms with van der Waals surface area (Å²) in [6.45, 7) is 0.315. The molecule has 0 fully saturated rings. The Balaban J connectivity index is 1.71. The van der Waals surface area contributed by atoms with Gasteiger partial charge in [-0.05, 0) is 41.5 Å². The molecule has 4 rings (SSSR count). The first-order valence-corrected chi connectivity index (χ1v) is 10.4. The lowest BCUT2D eigenvalue weighted by molar-refractivity contribution is 0.0584. The number of esters is 1. The fourth-order valence-electron chi connectivity index (χ4n) is 3.62. The molecule has 4 aromatic rings. The minimum absolute atomic E-state index is 0.00150. The lowest BCUT2D eigenvalue weighted by atomic mass is 10.1. The van der Waals surface area contributed by atoms with Crippen LogP contribution in [0.2, 0.25) is 5.02 Å². The Morgan fingerprint density at radius 1 is 1.00 bits per heavy atom. The topological polar surface area (TPSA) is 60.3 Å². The smallest absolute Gasteiger partial charge is 0.357 e. The molecule has 0 saturated carbocycles. The van der Waals surface area contributed by atoms with Gasteiger partial charge in [0.2, 0.25) is 0 Å². The van der Waals surface area contributed by atoms with Crippen LogP contribution in [0.4, 0.5) is 8.78 Å². The molecule has 0 radical (unpaired) electrons. The summed E-state index contributed by atoms with van der Waals surface area (Å²) < 4.78 is 35.4. The SMILES string of the molecule is COC(=O)c1c(F)c2cc(C(=O)NCc3ccccc3)ccc2n1Cc1ccc(Cl)c(F)c1. The third-order valence-electron chi connectivity index (χ3n) is 5.26. The number of hydrogen-bond donors (Lipinski definition) is 1. The van der Waals surface area contributed by atoms with Gasteiger partial charge in [0, 0.05) is 24.0 Å². The number of methoxy groups -OCH3 is 1. The van der Waals surface area contributed by atoms with Gasteiger partial charge in [-0.1, -0.05) is 48.0 Å². The number of hydrogen-bond acceptors (Lipinski definition) is 3. The summed E-state index contributed by atoms with van der Waals surface area (Å²) in [5.74, 6) is -2.70. The second-order valence-electron chi connectivity index (χ2n) is 7.39. The number of benzene rings is 3. The molecule has 8 heteroatoms. The maximum atomic E-state index is 15.3. The van der Waals surface area contributed by atoms with Gasteiger partial charge in [-0.25, -0.2) is 13.6 Å². The monoisotopic (exact) mass is 468 g/mol. The van der Waals surface area contributed by atoms with Gasteiger partial charge in [-0.2, -0.15) is 0 Å². The van der Waals surface area contributed by atoms with Gasteiger partial charge in [0.05, 0.1) is 17.6 Å². The van der Waals surface area contributed by atoms with Crippen LogP contribution < -0.4 is 5.32 Å². The zero-order valence-electron chi connectivity index (χ0n) is 17.6. The van der Waals surface area contributed by atoms with Gasteiger partial charge in [-0.15, -0.1) is 0 Å². The molecule has 0 unspecified atom stereocenters. The number of rotatable bonds is 6. The molecule has 0 saturated heterocycles. The molecule has 0 atom stereocenters. The van der Waals surface area contributed by atoms with Crippen molar-refractivity contribution in [3.05, 3.63) is 106 Å². The molecule has 168 valence electrons. The van der Waals surface area contributed by atoms with Crippen molar-refractivity contribution in [3.8, 4) is 0 Å². The summed E-state index contributed by atoms with van der Waals surface area (Å²) in [5.41, 5.74) is 1.69. The number of aromatic nitrogens is 1. The van der Waals surface area contributed by atoms with Crippen LogP contribution in [-0.2, 0) is 17.8 Å². The third-order valence-corrected chi connectivity index (χ3v) is 5.57. The molecule has 0 aliphatic heterocycles. The van der Waals surface area contributed by atoms with Crippen molar-refractivity contribution in [2.75, 3.05) is 7.11 Å². The van der Waals surface area contributed by atoms with Crippen molar-refractivity contribution >= 4 is 34.4 Å². The van der Waals surface area contributed by atoms with E-state index in [2.05, 4.69) is 5.32 Å². The van der Waals surface area contributed by atoms with E-state index < -0.39 is 17.6 Å².